The Hall–Kier alpha value is -2.44. The Morgan fingerprint density at radius 2 is 1.96 bits per heavy atom. The lowest BCUT2D eigenvalue weighted by atomic mass is 10.1. The van der Waals surface area contributed by atoms with E-state index in [1.807, 2.05) is 6.20 Å². The van der Waals surface area contributed by atoms with Crippen molar-refractivity contribution in [3.8, 4) is 5.69 Å². The summed E-state index contributed by atoms with van der Waals surface area (Å²) < 4.78 is 4.29. The number of fused-ring (bicyclic) bond motifs is 3. The second kappa shape index (κ2) is 6.37. The predicted molar refractivity (Wildman–Crippen MR) is 104 cm³/mol. The van der Waals surface area contributed by atoms with Crippen molar-refractivity contribution in [1.29, 1.82) is 0 Å². The summed E-state index contributed by atoms with van der Waals surface area (Å²) in [4.78, 5) is 4.66. The molecule has 0 spiro atoms. The smallest absolute Gasteiger partial charge is 0.179 e. The summed E-state index contributed by atoms with van der Waals surface area (Å²) in [5.74, 6) is 1.38. The number of aromatic nitrogens is 5. The monoisotopic (exact) mass is 368 g/mol. The molecule has 0 radical (unpaired) electrons. The summed E-state index contributed by atoms with van der Waals surface area (Å²) in [6.45, 7) is 2.11. The van der Waals surface area contributed by atoms with Crippen LogP contribution in [0.15, 0.2) is 42.7 Å². The van der Waals surface area contributed by atoms with Crippen LogP contribution in [0, 0.1) is 6.92 Å². The quantitative estimate of drug-likeness (QED) is 0.588. The van der Waals surface area contributed by atoms with Gasteiger partial charge in [-0.3, -0.25) is 8.97 Å². The lowest BCUT2D eigenvalue weighted by molar-refractivity contribution is 0.639. The molecule has 1 saturated carbocycles. The zero-order chi connectivity index (χ0) is 17.0. The fourth-order valence-electron chi connectivity index (χ4n) is 4.02. The minimum atomic E-state index is 0. The molecule has 0 amide bonds. The van der Waals surface area contributed by atoms with Gasteiger partial charge in [-0.1, -0.05) is 18.2 Å². The second-order valence-corrected chi connectivity index (χ2v) is 6.96. The number of hydrogen-bond donors (Lipinski definition) is 1. The zero-order valence-corrected chi connectivity index (χ0v) is 15.4. The molecule has 2 N–H and O–H groups in total. The van der Waals surface area contributed by atoms with E-state index in [2.05, 4.69) is 67.6 Å². The largest absolute Gasteiger partial charge is 0.328 e. The van der Waals surface area contributed by atoms with Crippen LogP contribution in [-0.4, -0.2) is 30.2 Å². The predicted octanol–water partition coefficient (Wildman–Crippen LogP) is 3.39. The number of para-hydroxylation sites is 1. The normalized spacial score (nSPS) is 19.9. The molecular weight excluding hydrogens is 348 g/mol. The van der Waals surface area contributed by atoms with Gasteiger partial charge in [0.25, 0.3) is 0 Å². The summed E-state index contributed by atoms with van der Waals surface area (Å²) in [7, 11) is 0. The van der Waals surface area contributed by atoms with E-state index in [1.165, 1.54) is 5.56 Å². The highest BCUT2D eigenvalue weighted by atomic mass is 35.5. The Morgan fingerprint density at radius 1 is 1.12 bits per heavy atom. The molecule has 1 fully saturated rings. The van der Waals surface area contributed by atoms with Gasteiger partial charge in [-0.15, -0.1) is 22.6 Å². The minimum Gasteiger partial charge on any atom is -0.328 e. The van der Waals surface area contributed by atoms with E-state index in [0.717, 1.165) is 47.6 Å². The third-order valence-electron chi connectivity index (χ3n) is 5.31. The van der Waals surface area contributed by atoms with Gasteiger partial charge in [-0.2, -0.15) is 0 Å². The number of nitrogens with two attached hydrogens (primary N) is 1. The topological polar surface area (TPSA) is 74.0 Å². The number of halogens is 1. The molecule has 0 aliphatic heterocycles. The SMILES string of the molecule is Cc1ccccc1-n1ccc2c1ncc1nnc([C@@H]3CC[C@H](N)C3)n12.Cl. The molecule has 7 heteroatoms. The van der Waals surface area contributed by atoms with Crippen molar-refractivity contribution in [2.75, 3.05) is 0 Å². The van der Waals surface area contributed by atoms with Crippen molar-refractivity contribution in [2.45, 2.75) is 38.1 Å². The lowest BCUT2D eigenvalue weighted by Crippen LogP contribution is -2.15. The van der Waals surface area contributed by atoms with Gasteiger partial charge in [0.05, 0.1) is 11.7 Å². The molecule has 0 saturated heterocycles. The fourth-order valence-corrected chi connectivity index (χ4v) is 4.02. The van der Waals surface area contributed by atoms with Crippen molar-refractivity contribution >= 4 is 29.2 Å². The van der Waals surface area contributed by atoms with Crippen molar-refractivity contribution in [1.82, 2.24) is 24.1 Å². The summed E-state index contributed by atoms with van der Waals surface area (Å²) in [5.41, 5.74) is 11.2. The summed E-state index contributed by atoms with van der Waals surface area (Å²) in [6, 6.07) is 10.7. The Kier molecular flexibility index (Phi) is 4.17. The van der Waals surface area contributed by atoms with Gasteiger partial charge in [0.1, 0.15) is 5.82 Å². The first-order valence-electron chi connectivity index (χ1n) is 8.75. The van der Waals surface area contributed by atoms with Crippen LogP contribution in [-0.2, 0) is 0 Å². The van der Waals surface area contributed by atoms with Crippen LogP contribution in [0.4, 0.5) is 0 Å². The Bertz CT molecular complexity index is 1080. The molecule has 3 heterocycles. The highest BCUT2D eigenvalue weighted by molar-refractivity contribution is 5.85. The van der Waals surface area contributed by atoms with Gasteiger partial charge < -0.3 is 5.73 Å². The van der Waals surface area contributed by atoms with Crippen LogP contribution in [0.5, 0.6) is 0 Å². The molecule has 0 bridgehead atoms. The molecule has 1 aliphatic carbocycles. The molecule has 1 aliphatic rings. The van der Waals surface area contributed by atoms with E-state index >= 15 is 0 Å². The van der Waals surface area contributed by atoms with Crippen LogP contribution < -0.4 is 5.73 Å². The summed E-state index contributed by atoms with van der Waals surface area (Å²) >= 11 is 0. The van der Waals surface area contributed by atoms with Crippen LogP contribution in [0.1, 0.15) is 36.6 Å². The van der Waals surface area contributed by atoms with Gasteiger partial charge >= 0.3 is 0 Å². The highest BCUT2D eigenvalue weighted by Gasteiger charge is 2.28. The molecule has 1 aromatic carbocycles. The second-order valence-electron chi connectivity index (χ2n) is 6.96. The van der Waals surface area contributed by atoms with Gasteiger partial charge in [-0.05, 0) is 43.9 Å². The molecule has 4 aromatic rings. The molecule has 134 valence electrons. The van der Waals surface area contributed by atoms with E-state index in [-0.39, 0.29) is 18.4 Å². The van der Waals surface area contributed by atoms with Crippen LogP contribution in [0.25, 0.3) is 22.5 Å². The van der Waals surface area contributed by atoms with Crippen LogP contribution in [0.3, 0.4) is 0 Å². The Morgan fingerprint density at radius 3 is 2.73 bits per heavy atom. The standard InChI is InChI=1S/C19H20N6.ClH/c1-12-4-2-3-5-15(12)24-9-8-16-19(24)21-11-17-22-23-18(25(16)17)13-6-7-14(20)10-13;/h2-5,8-9,11,13-14H,6-7,10,20H2,1H3;1H/t13-,14+;/m1./s1. The lowest BCUT2D eigenvalue weighted by Gasteiger charge is -2.10. The molecule has 26 heavy (non-hydrogen) atoms. The molecular formula is C19H21ClN6. The van der Waals surface area contributed by atoms with Gasteiger partial charge in [0.2, 0.25) is 0 Å². The van der Waals surface area contributed by atoms with E-state index in [9.17, 15) is 0 Å². The first-order chi connectivity index (χ1) is 12.2. The maximum Gasteiger partial charge on any atom is 0.179 e. The van der Waals surface area contributed by atoms with E-state index in [1.54, 1.807) is 0 Å². The van der Waals surface area contributed by atoms with Crippen LogP contribution >= 0.6 is 12.4 Å². The average Bonchev–Trinajstić information content (AvgIpc) is 3.31. The number of benzene rings is 1. The Labute approximate surface area is 157 Å². The average molecular weight is 369 g/mol. The van der Waals surface area contributed by atoms with Crippen molar-refractivity contribution < 1.29 is 0 Å². The van der Waals surface area contributed by atoms with Gasteiger partial charge in [0.15, 0.2) is 11.3 Å². The van der Waals surface area contributed by atoms with Crippen LogP contribution in [0.2, 0.25) is 0 Å². The number of aryl methyl sites for hydroxylation is 1. The molecule has 6 nitrogen and oxygen atoms in total. The maximum atomic E-state index is 6.11. The number of nitrogens with zero attached hydrogens (tertiary/aromatic N) is 5. The molecule has 5 rings (SSSR count). The van der Waals surface area contributed by atoms with Crippen molar-refractivity contribution in [2.24, 2.45) is 5.73 Å². The summed E-state index contributed by atoms with van der Waals surface area (Å²) in [5, 5.41) is 8.81. The van der Waals surface area contributed by atoms with E-state index in [4.69, 9.17) is 5.73 Å². The first-order valence-corrected chi connectivity index (χ1v) is 8.75. The highest BCUT2D eigenvalue weighted by Crippen LogP contribution is 2.34. The third-order valence-corrected chi connectivity index (χ3v) is 5.31. The van der Waals surface area contributed by atoms with Crippen molar-refractivity contribution in [3.05, 3.63) is 54.1 Å². The minimum absolute atomic E-state index is 0. The van der Waals surface area contributed by atoms with Gasteiger partial charge in [0, 0.05) is 23.8 Å². The summed E-state index contributed by atoms with van der Waals surface area (Å²) in [6.07, 6.45) is 6.98. The molecule has 3 aromatic heterocycles. The zero-order valence-electron chi connectivity index (χ0n) is 14.5. The van der Waals surface area contributed by atoms with E-state index < -0.39 is 0 Å². The van der Waals surface area contributed by atoms with E-state index in [0.29, 0.717) is 5.92 Å². The van der Waals surface area contributed by atoms with Crippen molar-refractivity contribution in [3.63, 3.8) is 0 Å². The number of rotatable bonds is 2. The first kappa shape index (κ1) is 17.0. The Balaban J connectivity index is 0.00000168. The fraction of sp³-hybridized carbons (Fsp3) is 0.316. The molecule has 0 unspecified atom stereocenters. The van der Waals surface area contributed by atoms with Gasteiger partial charge in [-0.25, -0.2) is 4.98 Å². The number of hydrogen-bond acceptors (Lipinski definition) is 4. The third kappa shape index (κ3) is 2.48. The maximum absolute atomic E-state index is 6.11. The molecule has 2 atom stereocenters.